The number of phenols is 1. The number of aromatic nitrogens is 5. The summed E-state index contributed by atoms with van der Waals surface area (Å²) < 4.78 is 7.33. The molecule has 0 amide bonds. The van der Waals surface area contributed by atoms with Crippen LogP contribution in [0.3, 0.4) is 0 Å². The third-order valence-electron chi connectivity index (χ3n) is 6.58. The minimum Gasteiger partial charge on any atom is -0.508 e. The van der Waals surface area contributed by atoms with Crippen LogP contribution in [0.4, 0.5) is 23.1 Å². The zero-order valence-electron chi connectivity index (χ0n) is 21.4. The summed E-state index contributed by atoms with van der Waals surface area (Å²) in [6, 6.07) is 10.8. The lowest BCUT2D eigenvalue weighted by molar-refractivity contribution is 0.0394. The molecule has 0 radical (unpaired) electrons. The van der Waals surface area contributed by atoms with Crippen LogP contribution in [0.5, 0.6) is 5.75 Å². The van der Waals surface area contributed by atoms with Gasteiger partial charge in [0.05, 0.1) is 19.3 Å². The molecule has 1 aromatic carbocycles. The van der Waals surface area contributed by atoms with Gasteiger partial charge in [-0.1, -0.05) is 6.07 Å². The molecule has 1 saturated heterocycles. The maximum Gasteiger partial charge on any atom is 0.173 e. The van der Waals surface area contributed by atoms with Crippen molar-refractivity contribution in [3.05, 3.63) is 59.8 Å². The largest absolute Gasteiger partial charge is 0.508 e. The summed E-state index contributed by atoms with van der Waals surface area (Å²) in [7, 11) is 0. The van der Waals surface area contributed by atoms with Gasteiger partial charge in [-0.25, -0.2) is 19.5 Å². The molecule has 38 heavy (non-hydrogen) atoms. The second-order valence-corrected chi connectivity index (χ2v) is 9.17. The van der Waals surface area contributed by atoms with Crippen molar-refractivity contribution >= 4 is 28.7 Å². The number of anilines is 4. The molecular formula is C26H30N10O2. The van der Waals surface area contributed by atoms with Crippen LogP contribution in [0.2, 0.25) is 0 Å². The Kier molecular flexibility index (Phi) is 7.21. The lowest BCUT2D eigenvalue weighted by Crippen LogP contribution is -2.40. The van der Waals surface area contributed by atoms with Crippen LogP contribution in [0, 0.1) is 18.3 Å². The number of nitrogen functional groups attached to an aromatic ring is 1. The summed E-state index contributed by atoms with van der Waals surface area (Å²) in [4.78, 5) is 17.6. The Morgan fingerprint density at radius 2 is 2.08 bits per heavy atom. The standard InChI is InChI=1S/C26H30N10O2/c1-17-6-7-36-22(17)26(32-24(33-36)18(2)31-25-21(15-27)23(28)29-16-30-25)35(19-4-3-5-20(37)14-19)9-8-34-10-12-38-13-11-34/h3-7,14,16,18,37H,8-13H2,1-2H3,(H3,28,29,30,31). The number of nitrogens with two attached hydrogens (primary N) is 1. The molecule has 12 nitrogen and oxygen atoms in total. The molecule has 1 aliphatic rings. The number of morpholine rings is 1. The first-order valence-corrected chi connectivity index (χ1v) is 12.4. The Morgan fingerprint density at radius 3 is 2.84 bits per heavy atom. The van der Waals surface area contributed by atoms with Crippen LogP contribution < -0.4 is 16.0 Å². The van der Waals surface area contributed by atoms with Crippen molar-refractivity contribution < 1.29 is 9.84 Å². The second-order valence-electron chi connectivity index (χ2n) is 9.17. The zero-order valence-corrected chi connectivity index (χ0v) is 21.4. The van der Waals surface area contributed by atoms with Gasteiger partial charge < -0.3 is 25.8 Å². The molecule has 5 rings (SSSR count). The third kappa shape index (κ3) is 5.15. The summed E-state index contributed by atoms with van der Waals surface area (Å²) in [5, 5.41) is 27.8. The fraction of sp³-hybridized carbons (Fsp3) is 0.346. The maximum absolute atomic E-state index is 10.3. The number of nitriles is 1. The molecule has 3 aromatic heterocycles. The van der Waals surface area contributed by atoms with E-state index in [9.17, 15) is 10.4 Å². The highest BCUT2D eigenvalue weighted by Crippen LogP contribution is 2.32. The first kappa shape index (κ1) is 25.2. The number of aromatic hydroxyl groups is 1. The van der Waals surface area contributed by atoms with Crippen LogP contribution in [-0.2, 0) is 4.74 Å². The van der Waals surface area contributed by atoms with E-state index in [1.54, 1.807) is 12.1 Å². The van der Waals surface area contributed by atoms with Gasteiger partial charge in [-0.05, 0) is 37.6 Å². The molecule has 4 heterocycles. The van der Waals surface area contributed by atoms with Crippen molar-refractivity contribution in [3.63, 3.8) is 0 Å². The number of hydrogen-bond acceptors (Lipinski definition) is 11. The predicted octanol–water partition coefficient (Wildman–Crippen LogP) is 2.63. The van der Waals surface area contributed by atoms with Gasteiger partial charge in [0.1, 0.15) is 40.9 Å². The van der Waals surface area contributed by atoms with Crippen molar-refractivity contribution in [2.24, 2.45) is 0 Å². The molecule has 1 aliphatic heterocycles. The molecule has 1 atom stereocenters. The van der Waals surface area contributed by atoms with Crippen LogP contribution in [0.1, 0.15) is 29.9 Å². The molecular weight excluding hydrogens is 484 g/mol. The number of rotatable bonds is 8. The van der Waals surface area contributed by atoms with Gasteiger partial charge in [0, 0.05) is 44.1 Å². The van der Waals surface area contributed by atoms with E-state index in [0.717, 1.165) is 36.4 Å². The molecule has 0 spiro atoms. The van der Waals surface area contributed by atoms with E-state index in [1.807, 2.05) is 42.8 Å². The van der Waals surface area contributed by atoms with Gasteiger partial charge in [0.15, 0.2) is 11.6 Å². The summed E-state index contributed by atoms with van der Waals surface area (Å²) in [5.74, 6) is 1.82. The van der Waals surface area contributed by atoms with Crippen molar-refractivity contribution in [2.45, 2.75) is 19.9 Å². The Bertz CT molecular complexity index is 1470. The van der Waals surface area contributed by atoms with E-state index in [2.05, 4.69) is 31.2 Å². The lowest BCUT2D eigenvalue weighted by atomic mass is 10.2. The lowest BCUT2D eigenvalue weighted by Gasteiger charge is -2.31. The fourth-order valence-electron chi connectivity index (χ4n) is 4.52. The zero-order chi connectivity index (χ0) is 26.6. The molecule has 1 unspecified atom stereocenters. The van der Waals surface area contributed by atoms with Crippen molar-refractivity contribution in [3.8, 4) is 11.8 Å². The van der Waals surface area contributed by atoms with Gasteiger partial charge in [0.2, 0.25) is 0 Å². The fourth-order valence-corrected chi connectivity index (χ4v) is 4.52. The molecule has 1 fully saturated rings. The SMILES string of the molecule is Cc1ccn2nc(C(C)Nc3ncnc(N)c3C#N)nc(N(CCN3CCOCC3)c3cccc(O)c3)c12. The monoisotopic (exact) mass is 514 g/mol. The molecule has 12 heteroatoms. The Hall–Kier alpha value is -4.47. The van der Waals surface area contributed by atoms with Crippen molar-refractivity contribution in [1.29, 1.82) is 5.26 Å². The second kappa shape index (κ2) is 10.9. The van der Waals surface area contributed by atoms with E-state index in [1.165, 1.54) is 6.33 Å². The van der Waals surface area contributed by atoms with Gasteiger partial charge in [0.25, 0.3) is 0 Å². The molecule has 0 saturated carbocycles. The van der Waals surface area contributed by atoms with E-state index in [4.69, 9.17) is 20.6 Å². The molecule has 0 aliphatic carbocycles. The summed E-state index contributed by atoms with van der Waals surface area (Å²) >= 11 is 0. The first-order valence-electron chi connectivity index (χ1n) is 12.4. The highest BCUT2D eigenvalue weighted by Gasteiger charge is 2.23. The average molecular weight is 515 g/mol. The minimum atomic E-state index is -0.410. The highest BCUT2D eigenvalue weighted by molar-refractivity contribution is 5.78. The third-order valence-corrected chi connectivity index (χ3v) is 6.58. The van der Waals surface area contributed by atoms with Crippen LogP contribution in [0.25, 0.3) is 5.52 Å². The molecule has 4 N–H and O–H groups in total. The number of nitrogens with one attached hydrogen (secondary N) is 1. The molecule has 196 valence electrons. The van der Waals surface area contributed by atoms with Crippen LogP contribution in [0.15, 0.2) is 42.9 Å². The Labute approximate surface area is 220 Å². The molecule has 0 bridgehead atoms. The number of aryl methyl sites for hydroxylation is 1. The summed E-state index contributed by atoms with van der Waals surface area (Å²) in [5.41, 5.74) is 8.76. The number of benzene rings is 1. The van der Waals surface area contributed by atoms with Gasteiger partial charge in [-0.3, -0.25) is 4.90 Å². The van der Waals surface area contributed by atoms with Crippen LogP contribution in [-0.4, -0.2) is 74.0 Å². The topological polar surface area (TPSA) is 154 Å². The Morgan fingerprint density at radius 1 is 1.26 bits per heavy atom. The minimum absolute atomic E-state index is 0.105. The Balaban J connectivity index is 1.56. The van der Waals surface area contributed by atoms with E-state index >= 15 is 0 Å². The quantitative estimate of drug-likeness (QED) is 0.318. The van der Waals surface area contributed by atoms with Gasteiger partial charge in [-0.15, -0.1) is 0 Å². The number of phenolic OH excluding ortho intramolecular Hbond substituents is 1. The summed E-state index contributed by atoms with van der Waals surface area (Å²) in [6.07, 6.45) is 3.21. The van der Waals surface area contributed by atoms with Gasteiger partial charge in [-0.2, -0.15) is 10.4 Å². The number of nitrogens with zero attached hydrogens (tertiary/aromatic N) is 8. The summed E-state index contributed by atoms with van der Waals surface area (Å²) in [6.45, 7) is 8.52. The first-order chi connectivity index (χ1) is 18.4. The number of hydrogen-bond donors (Lipinski definition) is 3. The average Bonchev–Trinajstić information content (AvgIpc) is 3.30. The van der Waals surface area contributed by atoms with Crippen molar-refractivity contribution in [1.82, 2.24) is 29.5 Å². The van der Waals surface area contributed by atoms with E-state index in [0.29, 0.717) is 37.2 Å². The smallest absolute Gasteiger partial charge is 0.173 e. The van der Waals surface area contributed by atoms with Crippen LogP contribution >= 0.6 is 0 Å². The normalized spacial score (nSPS) is 14.8. The maximum atomic E-state index is 10.3. The van der Waals surface area contributed by atoms with Gasteiger partial charge >= 0.3 is 0 Å². The number of fused-ring (bicyclic) bond motifs is 1. The van der Waals surface area contributed by atoms with E-state index in [-0.39, 0.29) is 17.1 Å². The highest BCUT2D eigenvalue weighted by atomic mass is 16.5. The number of ether oxygens (including phenoxy) is 1. The molecule has 4 aromatic rings. The van der Waals surface area contributed by atoms with E-state index < -0.39 is 6.04 Å². The predicted molar refractivity (Wildman–Crippen MR) is 143 cm³/mol. The van der Waals surface area contributed by atoms with Crippen molar-refractivity contribution in [2.75, 3.05) is 55.3 Å².